The van der Waals surface area contributed by atoms with Gasteiger partial charge in [0.25, 0.3) is 0 Å². The highest BCUT2D eigenvalue weighted by molar-refractivity contribution is 5.50. The summed E-state index contributed by atoms with van der Waals surface area (Å²) in [6.07, 6.45) is -4.45. The largest absolute Gasteiger partial charge is 0.402 e. The van der Waals surface area contributed by atoms with Gasteiger partial charge in [-0.25, -0.2) is 0 Å². The molecule has 5 heteroatoms. The van der Waals surface area contributed by atoms with Gasteiger partial charge >= 0.3 is 6.18 Å². The first-order valence-corrected chi connectivity index (χ1v) is 6.04. The van der Waals surface area contributed by atoms with Crippen LogP contribution in [-0.2, 0) is 5.41 Å². The van der Waals surface area contributed by atoms with E-state index in [9.17, 15) is 13.2 Å². The maximum Gasteiger partial charge on any atom is 0.402 e. The minimum atomic E-state index is -4.45. The zero-order chi connectivity index (χ0) is 15.0. The summed E-state index contributed by atoms with van der Waals surface area (Å²) in [7, 11) is 0. The van der Waals surface area contributed by atoms with Crippen molar-refractivity contribution < 1.29 is 13.2 Å². The molecule has 2 aromatic carbocycles. The molecule has 2 nitrogen and oxygen atoms in total. The maximum atomic E-state index is 13.6. The van der Waals surface area contributed by atoms with E-state index in [0.717, 1.165) is 6.92 Å². The molecule has 2 aromatic rings. The Hall–Kier alpha value is -2.17. The highest BCUT2D eigenvalue weighted by Crippen LogP contribution is 2.46. The second-order valence-electron chi connectivity index (χ2n) is 4.87. The molecule has 0 aromatic heterocycles. The van der Waals surface area contributed by atoms with Crippen LogP contribution in [0.2, 0.25) is 0 Å². The van der Waals surface area contributed by atoms with Crippen LogP contribution in [0.1, 0.15) is 18.1 Å². The molecule has 106 valence electrons. The third kappa shape index (κ3) is 2.31. The van der Waals surface area contributed by atoms with E-state index in [4.69, 9.17) is 11.5 Å². The fourth-order valence-corrected chi connectivity index (χ4v) is 2.16. The van der Waals surface area contributed by atoms with Crippen LogP contribution in [0.3, 0.4) is 0 Å². The maximum absolute atomic E-state index is 13.6. The van der Waals surface area contributed by atoms with Crippen LogP contribution < -0.4 is 11.5 Å². The van der Waals surface area contributed by atoms with Crippen molar-refractivity contribution in [2.75, 3.05) is 11.5 Å². The molecule has 0 heterocycles. The molecule has 4 N–H and O–H groups in total. The van der Waals surface area contributed by atoms with E-state index in [0.29, 0.717) is 11.4 Å². The van der Waals surface area contributed by atoms with E-state index in [1.165, 1.54) is 42.5 Å². The van der Waals surface area contributed by atoms with Crippen LogP contribution >= 0.6 is 0 Å². The lowest BCUT2D eigenvalue weighted by atomic mass is 9.75. The van der Waals surface area contributed by atoms with E-state index in [1.54, 1.807) is 6.07 Å². The lowest BCUT2D eigenvalue weighted by molar-refractivity contribution is -0.173. The van der Waals surface area contributed by atoms with Crippen molar-refractivity contribution in [1.29, 1.82) is 0 Å². The molecule has 20 heavy (non-hydrogen) atoms. The predicted octanol–water partition coefficient (Wildman–Crippen LogP) is 3.72. The van der Waals surface area contributed by atoms with Crippen LogP contribution in [-0.4, -0.2) is 6.18 Å². The number of benzene rings is 2. The van der Waals surface area contributed by atoms with Crippen molar-refractivity contribution in [2.24, 2.45) is 0 Å². The Bertz CT molecular complexity index is 605. The number of halogens is 3. The minimum absolute atomic E-state index is 0.106. The fourth-order valence-electron chi connectivity index (χ4n) is 2.16. The van der Waals surface area contributed by atoms with Gasteiger partial charge in [-0.05, 0) is 42.3 Å². The summed E-state index contributed by atoms with van der Waals surface area (Å²) in [5.41, 5.74) is 9.98. The van der Waals surface area contributed by atoms with Crippen LogP contribution in [0.4, 0.5) is 24.5 Å². The van der Waals surface area contributed by atoms with E-state index in [2.05, 4.69) is 0 Å². The molecule has 0 amide bonds. The quantitative estimate of drug-likeness (QED) is 0.824. The van der Waals surface area contributed by atoms with Gasteiger partial charge in [-0.3, -0.25) is 0 Å². The zero-order valence-corrected chi connectivity index (χ0v) is 10.9. The third-order valence-electron chi connectivity index (χ3n) is 3.52. The predicted molar refractivity (Wildman–Crippen MR) is 74.2 cm³/mol. The SMILES string of the molecule is CC(c1ccc(N)cc1)(c1cccc(N)c1)C(F)(F)F. The molecule has 0 saturated carbocycles. The summed E-state index contributed by atoms with van der Waals surface area (Å²) in [4.78, 5) is 0. The van der Waals surface area contributed by atoms with Gasteiger partial charge < -0.3 is 11.5 Å². The van der Waals surface area contributed by atoms with Crippen LogP contribution in [0.5, 0.6) is 0 Å². The van der Waals surface area contributed by atoms with Gasteiger partial charge in [0.05, 0.1) is 0 Å². The van der Waals surface area contributed by atoms with E-state index in [1.807, 2.05) is 0 Å². The van der Waals surface area contributed by atoms with Gasteiger partial charge in [-0.15, -0.1) is 0 Å². The van der Waals surface area contributed by atoms with Gasteiger partial charge in [0.15, 0.2) is 0 Å². The normalized spacial score (nSPS) is 14.8. The lowest BCUT2D eigenvalue weighted by Crippen LogP contribution is -2.40. The summed E-state index contributed by atoms with van der Waals surface area (Å²) >= 11 is 0. The first kappa shape index (κ1) is 14.2. The van der Waals surface area contributed by atoms with Gasteiger partial charge in [-0.2, -0.15) is 13.2 Å². The number of anilines is 2. The van der Waals surface area contributed by atoms with Crippen LogP contribution in [0, 0.1) is 0 Å². The number of nitrogens with two attached hydrogens (primary N) is 2. The molecule has 0 spiro atoms. The third-order valence-corrected chi connectivity index (χ3v) is 3.52. The molecule has 0 aliphatic carbocycles. The fraction of sp³-hybridized carbons (Fsp3) is 0.200. The van der Waals surface area contributed by atoms with Crippen molar-refractivity contribution in [3.63, 3.8) is 0 Å². The molecular formula is C15H15F3N2. The highest BCUT2D eigenvalue weighted by Gasteiger charge is 2.53. The molecule has 0 fully saturated rings. The van der Waals surface area contributed by atoms with E-state index >= 15 is 0 Å². The van der Waals surface area contributed by atoms with Crippen LogP contribution in [0.15, 0.2) is 48.5 Å². The average Bonchev–Trinajstić information content (AvgIpc) is 2.37. The standard InChI is InChI=1S/C15H15F3N2/c1-14(15(16,17)18,10-5-7-12(19)8-6-10)11-3-2-4-13(20)9-11/h2-9H,19-20H2,1H3. The molecule has 1 unspecified atom stereocenters. The summed E-state index contributed by atoms with van der Waals surface area (Å²) in [6, 6.07) is 11.6. The summed E-state index contributed by atoms with van der Waals surface area (Å²) in [5, 5.41) is 0. The Labute approximate surface area is 115 Å². The van der Waals surface area contributed by atoms with Gasteiger partial charge in [0.1, 0.15) is 5.41 Å². The second kappa shape index (κ2) is 4.74. The molecule has 0 aliphatic heterocycles. The molecular weight excluding hydrogens is 265 g/mol. The Morgan fingerprint density at radius 3 is 1.90 bits per heavy atom. The number of rotatable bonds is 2. The number of alkyl halides is 3. The van der Waals surface area contributed by atoms with Crippen molar-refractivity contribution in [1.82, 2.24) is 0 Å². The summed E-state index contributed by atoms with van der Waals surface area (Å²) in [5.74, 6) is 0. The van der Waals surface area contributed by atoms with Gasteiger partial charge in [0, 0.05) is 11.4 Å². The molecule has 0 saturated heterocycles. The highest BCUT2D eigenvalue weighted by atomic mass is 19.4. The van der Waals surface area contributed by atoms with Gasteiger partial charge in [0.2, 0.25) is 0 Å². The van der Waals surface area contributed by atoms with E-state index < -0.39 is 11.6 Å². The second-order valence-corrected chi connectivity index (χ2v) is 4.87. The summed E-state index contributed by atoms with van der Waals surface area (Å²) in [6.45, 7) is 1.15. The average molecular weight is 280 g/mol. The molecule has 0 aliphatic rings. The van der Waals surface area contributed by atoms with Crippen molar-refractivity contribution in [2.45, 2.75) is 18.5 Å². The number of hydrogen-bond donors (Lipinski definition) is 2. The number of hydrogen-bond acceptors (Lipinski definition) is 2. The Kier molecular flexibility index (Phi) is 3.38. The van der Waals surface area contributed by atoms with Crippen molar-refractivity contribution in [3.8, 4) is 0 Å². The van der Waals surface area contributed by atoms with Crippen LogP contribution in [0.25, 0.3) is 0 Å². The Morgan fingerprint density at radius 2 is 1.40 bits per heavy atom. The first-order chi connectivity index (χ1) is 9.25. The number of nitrogen functional groups attached to an aromatic ring is 2. The lowest BCUT2D eigenvalue weighted by Gasteiger charge is -2.33. The minimum Gasteiger partial charge on any atom is -0.399 e. The monoisotopic (exact) mass is 280 g/mol. The zero-order valence-electron chi connectivity index (χ0n) is 10.9. The molecule has 0 radical (unpaired) electrons. The van der Waals surface area contributed by atoms with E-state index in [-0.39, 0.29) is 11.1 Å². The topological polar surface area (TPSA) is 52.0 Å². The Morgan fingerprint density at radius 1 is 0.800 bits per heavy atom. The van der Waals surface area contributed by atoms with Gasteiger partial charge in [-0.1, -0.05) is 24.3 Å². The first-order valence-electron chi connectivity index (χ1n) is 6.04. The molecule has 2 rings (SSSR count). The Balaban J connectivity index is 2.66. The molecule has 1 atom stereocenters. The van der Waals surface area contributed by atoms with Crippen molar-refractivity contribution >= 4 is 11.4 Å². The smallest absolute Gasteiger partial charge is 0.399 e. The molecule has 0 bridgehead atoms. The summed E-state index contributed by atoms with van der Waals surface area (Å²) < 4.78 is 40.9. The van der Waals surface area contributed by atoms with Crippen molar-refractivity contribution in [3.05, 3.63) is 59.7 Å².